The van der Waals surface area contributed by atoms with Crippen molar-refractivity contribution >= 4 is 27.7 Å². The molecule has 2 aromatic rings. The van der Waals surface area contributed by atoms with Crippen LogP contribution in [0.15, 0.2) is 45.5 Å². The molecule has 0 aliphatic carbocycles. The number of carbonyl (C=O) groups is 2. The summed E-state index contributed by atoms with van der Waals surface area (Å²) in [4.78, 5) is 25.9. The number of aryl methyl sites for hydroxylation is 1. The number of hydrogen-bond acceptors (Lipinski definition) is 3. The summed E-state index contributed by atoms with van der Waals surface area (Å²) in [6.45, 7) is 4.99. The van der Waals surface area contributed by atoms with Crippen LogP contribution in [0.1, 0.15) is 28.6 Å². The molecule has 0 aliphatic rings. The minimum Gasteiger partial charge on any atom is -0.444 e. The maximum Gasteiger partial charge on any atom is 0.287 e. The van der Waals surface area contributed by atoms with Gasteiger partial charge in [-0.1, -0.05) is 24.3 Å². The molecule has 6 heteroatoms. The summed E-state index contributed by atoms with van der Waals surface area (Å²) < 4.78 is 5.63. The van der Waals surface area contributed by atoms with E-state index < -0.39 is 5.91 Å². The van der Waals surface area contributed by atoms with Crippen LogP contribution in [-0.4, -0.2) is 29.8 Å². The molecule has 0 saturated heterocycles. The minimum atomic E-state index is -0.406. The van der Waals surface area contributed by atoms with Gasteiger partial charge in [0.15, 0.2) is 10.4 Å². The van der Waals surface area contributed by atoms with E-state index in [0.29, 0.717) is 17.8 Å². The number of rotatable bonds is 6. The molecule has 2 rings (SSSR count). The fourth-order valence-corrected chi connectivity index (χ4v) is 2.47. The van der Waals surface area contributed by atoms with Crippen molar-refractivity contribution in [2.24, 2.45) is 0 Å². The lowest BCUT2D eigenvalue weighted by Crippen LogP contribution is -2.39. The Morgan fingerprint density at radius 3 is 2.57 bits per heavy atom. The normalized spacial score (nSPS) is 10.4. The molecule has 0 spiro atoms. The van der Waals surface area contributed by atoms with E-state index in [4.69, 9.17) is 4.42 Å². The number of hydrogen-bond donors (Lipinski definition) is 1. The van der Waals surface area contributed by atoms with Crippen LogP contribution in [0.5, 0.6) is 0 Å². The smallest absolute Gasteiger partial charge is 0.287 e. The lowest BCUT2D eigenvalue weighted by molar-refractivity contribution is -0.130. The first-order valence-corrected chi connectivity index (χ1v) is 8.16. The Hall–Kier alpha value is -2.08. The minimum absolute atomic E-state index is 0.0587. The standard InChI is InChI=1S/C17H19BrN2O3/c1-3-20(11-13-7-5-4-6-12(13)2)16(21)10-19-17(22)14-8-9-15(18)23-14/h4-9H,3,10-11H2,1-2H3,(H,19,22). The zero-order valence-electron chi connectivity index (χ0n) is 13.1. The average molecular weight is 379 g/mol. The van der Waals surface area contributed by atoms with E-state index in [2.05, 4.69) is 21.2 Å². The molecule has 1 aromatic heterocycles. The Morgan fingerprint density at radius 1 is 1.22 bits per heavy atom. The molecule has 0 fully saturated rings. The monoisotopic (exact) mass is 378 g/mol. The van der Waals surface area contributed by atoms with E-state index in [1.54, 1.807) is 17.0 Å². The Bertz CT molecular complexity index is 697. The van der Waals surface area contributed by atoms with Gasteiger partial charge in [0, 0.05) is 13.1 Å². The van der Waals surface area contributed by atoms with E-state index in [1.807, 2.05) is 38.1 Å². The Balaban J connectivity index is 1.92. The second kappa shape index (κ2) is 7.97. The van der Waals surface area contributed by atoms with Gasteiger partial charge in [-0.25, -0.2) is 0 Å². The molecule has 0 radical (unpaired) electrons. The first kappa shape index (κ1) is 17.3. The first-order valence-electron chi connectivity index (χ1n) is 7.37. The van der Waals surface area contributed by atoms with Crippen LogP contribution in [0, 0.1) is 6.92 Å². The summed E-state index contributed by atoms with van der Waals surface area (Å²) in [5.41, 5.74) is 2.24. The van der Waals surface area contributed by atoms with Gasteiger partial charge in [-0.05, 0) is 53.0 Å². The Morgan fingerprint density at radius 2 is 1.96 bits per heavy atom. The zero-order chi connectivity index (χ0) is 16.8. The lowest BCUT2D eigenvalue weighted by atomic mass is 10.1. The second-order valence-corrected chi connectivity index (χ2v) is 5.90. The predicted octanol–water partition coefficient (Wildman–Crippen LogP) is 3.13. The summed E-state index contributed by atoms with van der Waals surface area (Å²) >= 11 is 3.14. The zero-order valence-corrected chi connectivity index (χ0v) is 14.7. The second-order valence-electron chi connectivity index (χ2n) is 5.12. The molecule has 122 valence electrons. The van der Waals surface area contributed by atoms with Crippen molar-refractivity contribution < 1.29 is 14.0 Å². The molecule has 0 atom stereocenters. The molecule has 0 saturated carbocycles. The average Bonchev–Trinajstić information content (AvgIpc) is 2.98. The van der Waals surface area contributed by atoms with Gasteiger partial charge in [-0.2, -0.15) is 0 Å². The molecule has 2 amide bonds. The third-order valence-corrected chi connectivity index (χ3v) is 3.98. The number of likely N-dealkylation sites (N-methyl/N-ethyl adjacent to an activating group) is 1. The highest BCUT2D eigenvalue weighted by molar-refractivity contribution is 9.10. The highest BCUT2D eigenvalue weighted by atomic mass is 79.9. The van der Waals surface area contributed by atoms with Crippen molar-refractivity contribution in [2.75, 3.05) is 13.1 Å². The lowest BCUT2D eigenvalue weighted by Gasteiger charge is -2.22. The molecule has 1 heterocycles. The molecule has 5 nitrogen and oxygen atoms in total. The van der Waals surface area contributed by atoms with Crippen LogP contribution < -0.4 is 5.32 Å². The van der Waals surface area contributed by atoms with Gasteiger partial charge < -0.3 is 14.6 Å². The largest absolute Gasteiger partial charge is 0.444 e. The quantitative estimate of drug-likeness (QED) is 0.839. The van der Waals surface area contributed by atoms with E-state index in [1.165, 1.54) is 0 Å². The van der Waals surface area contributed by atoms with Gasteiger partial charge in [-0.3, -0.25) is 9.59 Å². The Kier molecular flexibility index (Phi) is 5.98. The van der Waals surface area contributed by atoms with E-state index >= 15 is 0 Å². The van der Waals surface area contributed by atoms with Gasteiger partial charge in [0.1, 0.15) is 0 Å². The highest BCUT2D eigenvalue weighted by Gasteiger charge is 2.16. The number of nitrogens with zero attached hydrogens (tertiary/aromatic N) is 1. The number of halogens is 1. The SMILES string of the molecule is CCN(Cc1ccccc1C)C(=O)CNC(=O)c1ccc(Br)o1. The van der Waals surface area contributed by atoms with Crippen molar-refractivity contribution in [3.05, 3.63) is 58.0 Å². The van der Waals surface area contributed by atoms with E-state index in [0.717, 1.165) is 11.1 Å². The van der Waals surface area contributed by atoms with Gasteiger partial charge >= 0.3 is 0 Å². The third-order valence-electron chi connectivity index (χ3n) is 3.55. The molecule has 0 unspecified atom stereocenters. The van der Waals surface area contributed by atoms with Crippen LogP contribution in [0.2, 0.25) is 0 Å². The van der Waals surface area contributed by atoms with Crippen LogP contribution in [-0.2, 0) is 11.3 Å². The predicted molar refractivity (Wildman–Crippen MR) is 91.0 cm³/mol. The topological polar surface area (TPSA) is 62.6 Å². The summed E-state index contributed by atoms with van der Waals surface area (Å²) in [6.07, 6.45) is 0. The van der Waals surface area contributed by atoms with Gasteiger partial charge in [0.05, 0.1) is 6.54 Å². The number of nitrogens with one attached hydrogen (secondary N) is 1. The van der Waals surface area contributed by atoms with Crippen LogP contribution in [0.4, 0.5) is 0 Å². The maximum absolute atomic E-state index is 12.3. The third kappa shape index (κ3) is 4.69. The Labute approximate surface area is 143 Å². The van der Waals surface area contributed by atoms with Crippen LogP contribution in [0.3, 0.4) is 0 Å². The molecule has 1 N–H and O–H groups in total. The molecule has 1 aromatic carbocycles. The van der Waals surface area contributed by atoms with Crippen molar-refractivity contribution in [2.45, 2.75) is 20.4 Å². The first-order chi connectivity index (χ1) is 11.0. The summed E-state index contributed by atoms with van der Waals surface area (Å²) in [6, 6.07) is 11.1. The fraction of sp³-hybridized carbons (Fsp3) is 0.294. The molecule has 23 heavy (non-hydrogen) atoms. The molecule has 0 aliphatic heterocycles. The van der Waals surface area contributed by atoms with Crippen LogP contribution in [0.25, 0.3) is 0 Å². The number of amides is 2. The molecular weight excluding hydrogens is 360 g/mol. The summed E-state index contributed by atoms with van der Waals surface area (Å²) in [7, 11) is 0. The summed E-state index contributed by atoms with van der Waals surface area (Å²) in [5.74, 6) is -0.364. The van der Waals surface area contributed by atoms with E-state index in [9.17, 15) is 9.59 Å². The highest BCUT2D eigenvalue weighted by Crippen LogP contribution is 2.14. The fourth-order valence-electron chi connectivity index (χ4n) is 2.16. The summed E-state index contributed by atoms with van der Waals surface area (Å²) in [5, 5.41) is 2.58. The van der Waals surface area contributed by atoms with Crippen molar-refractivity contribution in [3.63, 3.8) is 0 Å². The maximum atomic E-state index is 12.3. The van der Waals surface area contributed by atoms with Gasteiger partial charge in [0.2, 0.25) is 5.91 Å². The molecular formula is C17H19BrN2O3. The number of benzene rings is 1. The number of carbonyl (C=O) groups excluding carboxylic acids is 2. The van der Waals surface area contributed by atoms with Crippen molar-refractivity contribution in [1.82, 2.24) is 10.2 Å². The van der Waals surface area contributed by atoms with Gasteiger partial charge in [0.25, 0.3) is 5.91 Å². The van der Waals surface area contributed by atoms with E-state index in [-0.39, 0.29) is 18.2 Å². The van der Waals surface area contributed by atoms with Gasteiger partial charge in [-0.15, -0.1) is 0 Å². The van der Waals surface area contributed by atoms with Crippen molar-refractivity contribution in [3.8, 4) is 0 Å². The number of furan rings is 1. The van der Waals surface area contributed by atoms with Crippen LogP contribution >= 0.6 is 15.9 Å². The molecule has 0 bridgehead atoms. The van der Waals surface area contributed by atoms with Crippen molar-refractivity contribution in [1.29, 1.82) is 0 Å².